The van der Waals surface area contributed by atoms with Crippen molar-refractivity contribution < 1.29 is 11.0 Å². The number of hydrogen-bond acceptors (Lipinski definition) is 5. The maximum Gasteiger partial charge on any atom is 0.250 e. The summed E-state index contributed by atoms with van der Waals surface area (Å²) in [5.41, 5.74) is 3.15. The number of aromatic nitrogens is 1. The monoisotopic (exact) mass is 485 g/mol. The number of aryl methyl sites for hydroxylation is 1. The standard InChI is InChI=1S/C28H29N5O3.H2/c1-28(12-13-28)27(36)31-23-15-25(35)33(26(23)18-6-4-3-5-7-18)21-9-10-22(19(14-21)16-29)30-20-8-11-24(34)32(2)17-20;/h3-11,14,16-17,23,26,29-30H,12-13,15H2,1-2H3,(H,31,36);1H/t23?,26-;/m0./s1. The second-order valence-electron chi connectivity index (χ2n) is 9.87. The van der Waals surface area contributed by atoms with E-state index in [1.165, 1.54) is 16.8 Å². The van der Waals surface area contributed by atoms with Crippen LogP contribution < -0.4 is 21.1 Å². The smallest absolute Gasteiger partial charge is 0.250 e. The van der Waals surface area contributed by atoms with Crippen molar-refractivity contribution in [1.29, 1.82) is 5.41 Å². The van der Waals surface area contributed by atoms with Crippen LogP contribution in [-0.4, -0.2) is 28.6 Å². The summed E-state index contributed by atoms with van der Waals surface area (Å²) < 4.78 is 1.48. The molecule has 8 nitrogen and oxygen atoms in total. The van der Waals surface area contributed by atoms with Gasteiger partial charge < -0.3 is 25.5 Å². The van der Waals surface area contributed by atoms with Gasteiger partial charge in [-0.3, -0.25) is 14.4 Å². The van der Waals surface area contributed by atoms with Gasteiger partial charge >= 0.3 is 0 Å². The average Bonchev–Trinajstić information content (AvgIpc) is 3.55. The van der Waals surface area contributed by atoms with E-state index in [9.17, 15) is 14.4 Å². The van der Waals surface area contributed by atoms with E-state index in [-0.39, 0.29) is 42.7 Å². The molecule has 1 aromatic heterocycles. The first-order chi connectivity index (χ1) is 17.3. The average molecular weight is 486 g/mol. The normalized spacial score (nSPS) is 20.2. The number of carbonyl (C=O) groups is 2. The van der Waals surface area contributed by atoms with Crippen molar-refractivity contribution in [3.8, 4) is 0 Å². The van der Waals surface area contributed by atoms with Gasteiger partial charge in [-0.1, -0.05) is 37.3 Å². The van der Waals surface area contributed by atoms with Crippen molar-refractivity contribution in [2.75, 3.05) is 10.2 Å². The number of carbonyl (C=O) groups excluding carboxylic acids is 2. The molecule has 3 aromatic rings. The third-order valence-corrected chi connectivity index (χ3v) is 7.16. The minimum atomic E-state index is -0.356. The molecule has 1 aliphatic carbocycles. The van der Waals surface area contributed by atoms with Crippen molar-refractivity contribution in [1.82, 2.24) is 9.88 Å². The van der Waals surface area contributed by atoms with E-state index < -0.39 is 0 Å². The number of anilines is 3. The summed E-state index contributed by atoms with van der Waals surface area (Å²) in [6.07, 6.45) is 4.86. The highest BCUT2D eigenvalue weighted by molar-refractivity contribution is 6.00. The molecular formula is C28H31N5O3. The van der Waals surface area contributed by atoms with E-state index in [0.717, 1.165) is 18.4 Å². The molecule has 5 rings (SSSR count). The lowest BCUT2D eigenvalue weighted by atomic mass is 9.98. The van der Waals surface area contributed by atoms with Crippen LogP contribution in [0.1, 0.15) is 44.8 Å². The van der Waals surface area contributed by atoms with Crippen molar-refractivity contribution in [3.05, 3.63) is 88.3 Å². The van der Waals surface area contributed by atoms with E-state index in [1.54, 1.807) is 30.3 Å². The number of nitrogens with one attached hydrogen (secondary N) is 3. The maximum absolute atomic E-state index is 13.3. The molecule has 1 unspecified atom stereocenters. The van der Waals surface area contributed by atoms with Crippen molar-refractivity contribution in [3.63, 3.8) is 0 Å². The zero-order valence-electron chi connectivity index (χ0n) is 20.3. The molecule has 1 saturated carbocycles. The molecule has 2 atom stereocenters. The Hall–Kier alpha value is -4.20. The van der Waals surface area contributed by atoms with Crippen LogP contribution in [-0.2, 0) is 16.6 Å². The van der Waals surface area contributed by atoms with E-state index in [0.29, 0.717) is 22.6 Å². The minimum Gasteiger partial charge on any atom is -0.354 e. The summed E-state index contributed by atoms with van der Waals surface area (Å²) in [5, 5.41) is 14.4. The van der Waals surface area contributed by atoms with Crippen LogP contribution in [0.2, 0.25) is 0 Å². The summed E-state index contributed by atoms with van der Waals surface area (Å²) in [6.45, 7) is 1.96. The zero-order chi connectivity index (χ0) is 25.4. The topological polar surface area (TPSA) is 107 Å². The van der Waals surface area contributed by atoms with E-state index in [4.69, 9.17) is 5.41 Å². The fourth-order valence-corrected chi connectivity index (χ4v) is 4.71. The van der Waals surface area contributed by atoms with Gasteiger partial charge in [-0.15, -0.1) is 0 Å². The molecular weight excluding hydrogens is 454 g/mol. The Morgan fingerprint density at radius 2 is 1.86 bits per heavy atom. The predicted molar refractivity (Wildman–Crippen MR) is 142 cm³/mol. The molecule has 36 heavy (non-hydrogen) atoms. The number of hydrogen-bond donors (Lipinski definition) is 3. The number of benzene rings is 2. The fraction of sp³-hybridized carbons (Fsp3) is 0.286. The van der Waals surface area contributed by atoms with Gasteiger partial charge in [0.1, 0.15) is 0 Å². The quantitative estimate of drug-likeness (QED) is 0.437. The Morgan fingerprint density at radius 3 is 2.53 bits per heavy atom. The van der Waals surface area contributed by atoms with Crippen molar-refractivity contribution in [2.45, 2.75) is 38.3 Å². The van der Waals surface area contributed by atoms with Crippen LogP contribution in [0.4, 0.5) is 17.1 Å². The van der Waals surface area contributed by atoms with Crippen LogP contribution in [0.3, 0.4) is 0 Å². The second-order valence-corrected chi connectivity index (χ2v) is 9.87. The SMILES string of the molecule is Cn1cc(Nc2ccc(N3C(=O)CC(NC(=O)C4(C)CC4)[C@@H]3c3ccccc3)cc2C=N)ccc1=O.[HH]. The molecule has 0 bridgehead atoms. The van der Waals surface area contributed by atoms with E-state index >= 15 is 0 Å². The Labute approximate surface area is 210 Å². The molecule has 1 aliphatic heterocycles. The van der Waals surface area contributed by atoms with Crippen LogP contribution in [0.25, 0.3) is 0 Å². The summed E-state index contributed by atoms with van der Waals surface area (Å²) in [5.74, 6) is -0.0788. The summed E-state index contributed by atoms with van der Waals surface area (Å²) >= 11 is 0. The van der Waals surface area contributed by atoms with E-state index in [2.05, 4.69) is 10.6 Å². The number of nitrogens with zero attached hydrogens (tertiary/aromatic N) is 2. The third-order valence-electron chi connectivity index (χ3n) is 7.16. The Balaban J connectivity index is 0.00000320. The fourth-order valence-electron chi connectivity index (χ4n) is 4.71. The molecule has 0 radical (unpaired) electrons. The van der Waals surface area contributed by atoms with Crippen molar-refractivity contribution in [2.24, 2.45) is 12.5 Å². The molecule has 2 heterocycles. The first-order valence-electron chi connectivity index (χ1n) is 12.1. The van der Waals surface area contributed by atoms with Gasteiger partial charge in [0.25, 0.3) is 0 Å². The van der Waals surface area contributed by atoms with Gasteiger partial charge in [0.05, 0.1) is 17.8 Å². The number of rotatable bonds is 7. The lowest BCUT2D eigenvalue weighted by Crippen LogP contribution is -2.42. The Morgan fingerprint density at radius 1 is 1.11 bits per heavy atom. The molecule has 1 saturated heterocycles. The first kappa shape index (κ1) is 23.5. The largest absolute Gasteiger partial charge is 0.354 e. The zero-order valence-corrected chi connectivity index (χ0v) is 20.3. The molecule has 2 amide bonds. The van der Waals surface area contributed by atoms with Crippen LogP contribution >= 0.6 is 0 Å². The van der Waals surface area contributed by atoms with Crippen LogP contribution in [0, 0.1) is 10.8 Å². The van der Waals surface area contributed by atoms with Crippen LogP contribution in [0.5, 0.6) is 0 Å². The number of amides is 2. The minimum absolute atomic E-state index is 0. The van der Waals surface area contributed by atoms with Gasteiger partial charge in [-0.25, -0.2) is 0 Å². The number of pyridine rings is 1. The van der Waals surface area contributed by atoms with Gasteiger partial charge in [0.15, 0.2) is 0 Å². The molecule has 2 fully saturated rings. The molecule has 8 heteroatoms. The van der Waals surface area contributed by atoms with Gasteiger partial charge in [0, 0.05) is 55.7 Å². The molecule has 186 valence electrons. The summed E-state index contributed by atoms with van der Waals surface area (Å²) in [4.78, 5) is 39.6. The van der Waals surface area contributed by atoms with Crippen LogP contribution in [0.15, 0.2) is 71.7 Å². The highest BCUT2D eigenvalue weighted by atomic mass is 16.2. The summed E-state index contributed by atoms with van der Waals surface area (Å²) in [7, 11) is 1.68. The Bertz CT molecular complexity index is 1400. The molecule has 2 aliphatic rings. The summed E-state index contributed by atoms with van der Waals surface area (Å²) in [6, 6.07) is 17.7. The van der Waals surface area contributed by atoms with Gasteiger partial charge in [0.2, 0.25) is 17.4 Å². The third kappa shape index (κ3) is 4.42. The second kappa shape index (κ2) is 9.11. The highest BCUT2D eigenvalue weighted by Crippen LogP contribution is 2.46. The van der Waals surface area contributed by atoms with Gasteiger partial charge in [-0.2, -0.15) is 0 Å². The molecule has 3 N–H and O–H groups in total. The molecule has 0 spiro atoms. The lowest BCUT2D eigenvalue weighted by Gasteiger charge is -2.30. The predicted octanol–water partition coefficient (Wildman–Crippen LogP) is 4.14. The maximum atomic E-state index is 13.3. The van der Waals surface area contributed by atoms with E-state index in [1.807, 2.05) is 49.4 Å². The van der Waals surface area contributed by atoms with Crippen molar-refractivity contribution >= 4 is 35.1 Å². The first-order valence-corrected chi connectivity index (χ1v) is 12.1. The molecule has 2 aromatic carbocycles. The lowest BCUT2D eigenvalue weighted by molar-refractivity contribution is -0.126. The van der Waals surface area contributed by atoms with Gasteiger partial charge in [-0.05, 0) is 42.7 Å². The highest BCUT2D eigenvalue weighted by Gasteiger charge is 2.48. The Kier molecular flexibility index (Phi) is 5.96.